The van der Waals surface area contributed by atoms with E-state index in [1.54, 1.807) is 7.11 Å². The number of thioether (sulfide) groups is 1. The van der Waals surface area contributed by atoms with Crippen LogP contribution in [-0.4, -0.2) is 33.5 Å². The third-order valence-corrected chi connectivity index (χ3v) is 3.84. The highest BCUT2D eigenvalue weighted by Crippen LogP contribution is 2.28. The number of amides is 1. The summed E-state index contributed by atoms with van der Waals surface area (Å²) in [5, 5.41) is 9.09. The van der Waals surface area contributed by atoms with E-state index in [9.17, 15) is 4.79 Å². The van der Waals surface area contributed by atoms with Crippen LogP contribution in [0.1, 0.15) is 19.9 Å². The minimum Gasteiger partial charge on any atom is -0.497 e. The molecule has 0 aliphatic rings. The third kappa shape index (κ3) is 3.55. The summed E-state index contributed by atoms with van der Waals surface area (Å²) in [7, 11) is 1.63. The lowest BCUT2D eigenvalue weighted by molar-refractivity contribution is -0.115. The highest BCUT2D eigenvalue weighted by molar-refractivity contribution is 7.99. The molecule has 7 heteroatoms. The van der Waals surface area contributed by atoms with Gasteiger partial charge in [0.05, 0.1) is 12.9 Å². The second kappa shape index (κ2) is 6.62. The van der Waals surface area contributed by atoms with Crippen LogP contribution in [0.25, 0.3) is 11.4 Å². The second-order valence-corrected chi connectivity index (χ2v) is 5.70. The Bertz CT molecular complexity index is 622. The Balaban J connectivity index is 2.36. The quantitative estimate of drug-likeness (QED) is 0.826. The summed E-state index contributed by atoms with van der Waals surface area (Å²) in [5.41, 5.74) is 6.13. The number of carbonyl (C=O) groups is 1. The maximum atomic E-state index is 10.9. The summed E-state index contributed by atoms with van der Waals surface area (Å²) < 4.78 is 7.15. The molecule has 0 aliphatic heterocycles. The molecule has 112 valence electrons. The van der Waals surface area contributed by atoms with E-state index < -0.39 is 0 Å². The first-order chi connectivity index (χ1) is 10.0. The first-order valence-electron chi connectivity index (χ1n) is 6.53. The number of nitrogens with two attached hydrogens (primary N) is 1. The van der Waals surface area contributed by atoms with Crippen molar-refractivity contribution in [3.63, 3.8) is 0 Å². The molecule has 2 N–H and O–H groups in total. The molecule has 0 unspecified atom stereocenters. The molecule has 0 saturated heterocycles. The van der Waals surface area contributed by atoms with Crippen LogP contribution in [0.4, 0.5) is 0 Å². The largest absolute Gasteiger partial charge is 0.497 e. The van der Waals surface area contributed by atoms with Gasteiger partial charge in [-0.05, 0) is 38.1 Å². The van der Waals surface area contributed by atoms with Gasteiger partial charge < -0.3 is 10.5 Å². The first kappa shape index (κ1) is 15.4. The lowest BCUT2D eigenvalue weighted by Crippen LogP contribution is -2.14. The number of benzene rings is 1. The monoisotopic (exact) mass is 306 g/mol. The molecule has 0 spiro atoms. The van der Waals surface area contributed by atoms with Gasteiger partial charge in [0.2, 0.25) is 5.91 Å². The number of rotatable bonds is 6. The van der Waals surface area contributed by atoms with E-state index in [1.165, 1.54) is 11.8 Å². The Kier molecular flexibility index (Phi) is 4.85. The summed E-state index contributed by atoms with van der Waals surface area (Å²) >= 11 is 1.30. The molecule has 1 aromatic carbocycles. The molecule has 0 bridgehead atoms. The van der Waals surface area contributed by atoms with Crippen molar-refractivity contribution < 1.29 is 9.53 Å². The highest BCUT2D eigenvalue weighted by Gasteiger charge is 2.17. The van der Waals surface area contributed by atoms with Crippen LogP contribution in [0.5, 0.6) is 5.75 Å². The van der Waals surface area contributed by atoms with Crippen molar-refractivity contribution in [3.8, 4) is 17.1 Å². The van der Waals surface area contributed by atoms with Crippen LogP contribution in [0.2, 0.25) is 0 Å². The fourth-order valence-electron chi connectivity index (χ4n) is 1.91. The molecule has 0 saturated carbocycles. The maximum Gasteiger partial charge on any atom is 0.227 e. The molecule has 0 fully saturated rings. The number of carbonyl (C=O) groups excluding carboxylic acids is 1. The summed E-state index contributed by atoms with van der Waals surface area (Å²) in [4.78, 5) is 10.9. The average molecular weight is 306 g/mol. The van der Waals surface area contributed by atoms with E-state index in [4.69, 9.17) is 10.5 Å². The van der Waals surface area contributed by atoms with Gasteiger partial charge in [-0.25, -0.2) is 0 Å². The number of aromatic nitrogens is 3. The van der Waals surface area contributed by atoms with Crippen molar-refractivity contribution in [1.29, 1.82) is 0 Å². The van der Waals surface area contributed by atoms with Crippen molar-refractivity contribution in [2.75, 3.05) is 12.9 Å². The van der Waals surface area contributed by atoms with Gasteiger partial charge in [0.1, 0.15) is 5.75 Å². The maximum absolute atomic E-state index is 10.9. The van der Waals surface area contributed by atoms with Gasteiger partial charge in [0.15, 0.2) is 11.0 Å². The topological polar surface area (TPSA) is 83.0 Å². The Hall–Kier alpha value is -2.02. The normalized spacial score (nSPS) is 10.9. The van der Waals surface area contributed by atoms with Gasteiger partial charge in [-0.3, -0.25) is 9.36 Å². The molecular formula is C14H18N4O2S. The summed E-state index contributed by atoms with van der Waals surface area (Å²) in [6.45, 7) is 4.09. The molecule has 21 heavy (non-hydrogen) atoms. The lowest BCUT2D eigenvalue weighted by Gasteiger charge is -2.13. The fourth-order valence-corrected chi connectivity index (χ4v) is 2.72. The van der Waals surface area contributed by atoms with Crippen molar-refractivity contribution in [3.05, 3.63) is 24.3 Å². The summed E-state index contributed by atoms with van der Waals surface area (Å²) in [5.74, 6) is 1.37. The first-order valence-corrected chi connectivity index (χ1v) is 7.52. The van der Waals surface area contributed by atoms with Crippen molar-refractivity contribution in [2.24, 2.45) is 5.73 Å². The summed E-state index contributed by atoms with van der Waals surface area (Å²) in [6, 6.07) is 7.80. The number of hydrogen-bond donors (Lipinski definition) is 1. The molecule has 0 radical (unpaired) electrons. The zero-order valence-electron chi connectivity index (χ0n) is 12.2. The SMILES string of the molecule is COc1ccc(-c2nnc(SCC(N)=O)n2C(C)C)cc1. The van der Waals surface area contributed by atoms with E-state index in [1.807, 2.05) is 42.7 Å². The smallest absolute Gasteiger partial charge is 0.227 e. The highest BCUT2D eigenvalue weighted by atomic mass is 32.2. The predicted molar refractivity (Wildman–Crippen MR) is 82.3 cm³/mol. The number of nitrogens with zero attached hydrogens (tertiary/aromatic N) is 3. The number of hydrogen-bond acceptors (Lipinski definition) is 5. The Morgan fingerprint density at radius 2 is 2.00 bits per heavy atom. The van der Waals surface area contributed by atoms with Crippen LogP contribution in [0.3, 0.4) is 0 Å². The molecule has 2 aromatic rings. The molecule has 2 rings (SSSR count). The second-order valence-electron chi connectivity index (χ2n) is 4.75. The van der Waals surface area contributed by atoms with Crippen molar-refractivity contribution in [1.82, 2.24) is 14.8 Å². The molecule has 1 aromatic heterocycles. The van der Waals surface area contributed by atoms with Crippen LogP contribution < -0.4 is 10.5 Å². The zero-order chi connectivity index (χ0) is 15.4. The van der Waals surface area contributed by atoms with Crippen molar-refractivity contribution >= 4 is 17.7 Å². The van der Waals surface area contributed by atoms with E-state index in [2.05, 4.69) is 10.2 Å². The molecule has 0 aliphatic carbocycles. The average Bonchev–Trinajstić information content (AvgIpc) is 2.89. The molecule has 1 amide bonds. The third-order valence-electron chi connectivity index (χ3n) is 2.87. The van der Waals surface area contributed by atoms with Crippen LogP contribution in [0.15, 0.2) is 29.4 Å². The predicted octanol–water partition coefficient (Wildman–Crippen LogP) is 2.11. The zero-order valence-corrected chi connectivity index (χ0v) is 13.1. The Labute approximate surface area is 127 Å². The van der Waals surface area contributed by atoms with E-state index in [0.29, 0.717) is 5.16 Å². The Morgan fingerprint density at radius 3 is 2.52 bits per heavy atom. The van der Waals surface area contributed by atoms with Crippen LogP contribution >= 0.6 is 11.8 Å². The number of methoxy groups -OCH3 is 1. The van der Waals surface area contributed by atoms with Crippen LogP contribution in [0, 0.1) is 0 Å². The number of ether oxygens (including phenoxy) is 1. The van der Waals surface area contributed by atoms with E-state index in [0.717, 1.165) is 17.1 Å². The van der Waals surface area contributed by atoms with E-state index in [-0.39, 0.29) is 17.7 Å². The minimum atomic E-state index is -0.371. The van der Waals surface area contributed by atoms with Crippen molar-refractivity contribution in [2.45, 2.75) is 25.0 Å². The Morgan fingerprint density at radius 1 is 1.33 bits per heavy atom. The molecular weight excluding hydrogens is 288 g/mol. The molecule has 0 atom stereocenters. The van der Waals surface area contributed by atoms with Gasteiger partial charge in [-0.15, -0.1) is 10.2 Å². The minimum absolute atomic E-state index is 0.174. The van der Waals surface area contributed by atoms with Gasteiger partial charge in [-0.2, -0.15) is 0 Å². The molecule has 6 nitrogen and oxygen atoms in total. The van der Waals surface area contributed by atoms with Gasteiger partial charge in [0, 0.05) is 11.6 Å². The number of primary amides is 1. The summed E-state index contributed by atoms with van der Waals surface area (Å²) in [6.07, 6.45) is 0. The van der Waals surface area contributed by atoms with Gasteiger partial charge in [0.25, 0.3) is 0 Å². The van der Waals surface area contributed by atoms with Gasteiger partial charge >= 0.3 is 0 Å². The van der Waals surface area contributed by atoms with Crippen LogP contribution in [-0.2, 0) is 4.79 Å². The van der Waals surface area contributed by atoms with E-state index >= 15 is 0 Å². The van der Waals surface area contributed by atoms with Gasteiger partial charge in [-0.1, -0.05) is 11.8 Å². The lowest BCUT2D eigenvalue weighted by atomic mass is 10.2. The fraction of sp³-hybridized carbons (Fsp3) is 0.357. The molecule has 1 heterocycles. The standard InChI is InChI=1S/C14H18N4O2S/c1-9(2)18-13(10-4-6-11(20-3)7-5-10)16-17-14(18)21-8-12(15)19/h4-7,9H,8H2,1-3H3,(H2,15,19).